The number of β-amino-alcohol motifs (C(OH)–C–C–N with tert-alkyl or cyclic N) is 1. The van der Waals surface area contributed by atoms with Gasteiger partial charge in [-0.25, -0.2) is 0 Å². The van der Waals surface area contributed by atoms with Gasteiger partial charge in [-0.2, -0.15) is 13.2 Å². The monoisotopic (exact) mass is 432 g/mol. The van der Waals surface area contributed by atoms with Crippen LogP contribution in [0.15, 0.2) is 24.3 Å². The zero-order valence-electron chi connectivity index (χ0n) is 12.0. The minimum absolute atomic E-state index is 0. The lowest BCUT2D eigenvalue weighted by atomic mass is 10.1. The Hall–Kier alpha value is -0.580. The summed E-state index contributed by atoms with van der Waals surface area (Å²) in [6.07, 6.45) is -5.10. The number of piperazine rings is 1. The van der Waals surface area contributed by atoms with Gasteiger partial charge in [0.05, 0.1) is 18.3 Å². The maximum Gasteiger partial charge on any atom is 0.416 e. The molecule has 1 aliphatic rings. The van der Waals surface area contributed by atoms with Crippen molar-refractivity contribution in [2.45, 2.75) is 12.3 Å². The highest BCUT2D eigenvalue weighted by Crippen LogP contribution is 2.31. The fourth-order valence-electron chi connectivity index (χ4n) is 2.42. The molecule has 8 heteroatoms. The molecule has 0 spiro atoms. The van der Waals surface area contributed by atoms with Crippen LogP contribution in [0.2, 0.25) is 0 Å². The van der Waals surface area contributed by atoms with Crippen molar-refractivity contribution in [1.82, 2.24) is 4.90 Å². The van der Waals surface area contributed by atoms with E-state index >= 15 is 0 Å². The van der Waals surface area contributed by atoms with E-state index in [1.807, 2.05) is 9.80 Å². The zero-order valence-corrected chi connectivity index (χ0v) is 14.3. The number of hydrogen-bond donors (Lipinski definition) is 2. The van der Waals surface area contributed by atoms with Crippen molar-refractivity contribution in [2.24, 2.45) is 0 Å². The molecular weight excluding hydrogens is 412 g/mol. The summed E-state index contributed by atoms with van der Waals surface area (Å²) in [5, 5.41) is 18.2. The fraction of sp³-hybridized carbons (Fsp3) is 0.571. The smallest absolute Gasteiger partial charge is 0.394 e. The molecule has 2 rings (SSSR count). The maximum atomic E-state index is 12.7. The van der Waals surface area contributed by atoms with Gasteiger partial charge in [0.1, 0.15) is 0 Å². The van der Waals surface area contributed by atoms with Crippen LogP contribution in [-0.4, -0.2) is 60.5 Å². The Labute approximate surface area is 144 Å². The fourth-order valence-corrected chi connectivity index (χ4v) is 2.42. The predicted molar refractivity (Wildman–Crippen MR) is 88.6 cm³/mol. The van der Waals surface area contributed by atoms with Gasteiger partial charge in [-0.3, -0.25) is 4.90 Å². The minimum Gasteiger partial charge on any atom is -0.394 e. The van der Waals surface area contributed by atoms with Gasteiger partial charge in [-0.15, -0.1) is 24.0 Å². The SMILES string of the molecule is I.OCC(O)CN1CCN(c2cccc(C(F)(F)F)c2)CC1. The lowest BCUT2D eigenvalue weighted by Gasteiger charge is -2.36. The maximum absolute atomic E-state index is 12.7. The third kappa shape index (κ3) is 5.25. The van der Waals surface area contributed by atoms with E-state index in [4.69, 9.17) is 5.11 Å². The molecule has 1 aromatic rings. The molecule has 1 unspecified atom stereocenters. The lowest BCUT2D eigenvalue weighted by Crippen LogP contribution is -2.49. The first-order valence-corrected chi connectivity index (χ1v) is 6.83. The molecule has 2 N–H and O–H groups in total. The summed E-state index contributed by atoms with van der Waals surface area (Å²) in [4.78, 5) is 3.89. The minimum atomic E-state index is -4.33. The Kier molecular flexibility index (Phi) is 7.36. The molecular formula is C14H20F3IN2O2. The van der Waals surface area contributed by atoms with Gasteiger partial charge in [-0.1, -0.05) is 6.07 Å². The number of aliphatic hydroxyl groups is 2. The van der Waals surface area contributed by atoms with Crippen LogP contribution in [0.25, 0.3) is 0 Å². The molecule has 0 saturated carbocycles. The number of aliphatic hydroxyl groups excluding tert-OH is 2. The molecule has 1 saturated heterocycles. The normalized spacial score (nSPS) is 18.0. The Balaban J connectivity index is 0.00000242. The summed E-state index contributed by atoms with van der Waals surface area (Å²) >= 11 is 0. The molecule has 1 heterocycles. The van der Waals surface area contributed by atoms with E-state index in [1.165, 1.54) is 6.07 Å². The standard InChI is InChI=1S/C14H19F3N2O2.HI/c15-14(16,17)11-2-1-3-12(8-11)19-6-4-18(5-7-19)9-13(21)10-20;/h1-3,8,13,20-21H,4-7,9-10H2;1H. The second kappa shape index (κ2) is 8.32. The number of anilines is 1. The quantitative estimate of drug-likeness (QED) is 0.713. The Morgan fingerprint density at radius 1 is 1.14 bits per heavy atom. The van der Waals surface area contributed by atoms with Crippen LogP contribution < -0.4 is 4.90 Å². The van der Waals surface area contributed by atoms with Gasteiger partial charge in [-0.05, 0) is 18.2 Å². The highest BCUT2D eigenvalue weighted by atomic mass is 127. The van der Waals surface area contributed by atoms with Crippen LogP contribution in [0, 0.1) is 0 Å². The summed E-state index contributed by atoms with van der Waals surface area (Å²) in [7, 11) is 0. The molecule has 22 heavy (non-hydrogen) atoms. The van der Waals surface area contributed by atoms with Crippen LogP contribution >= 0.6 is 24.0 Å². The highest BCUT2D eigenvalue weighted by molar-refractivity contribution is 14.0. The van der Waals surface area contributed by atoms with Crippen LogP contribution in [-0.2, 0) is 6.18 Å². The van der Waals surface area contributed by atoms with Gasteiger partial charge in [0.25, 0.3) is 0 Å². The summed E-state index contributed by atoms with van der Waals surface area (Å²) in [6, 6.07) is 5.32. The van der Waals surface area contributed by atoms with E-state index in [-0.39, 0.29) is 30.6 Å². The van der Waals surface area contributed by atoms with Crippen LogP contribution in [0.5, 0.6) is 0 Å². The van der Waals surface area contributed by atoms with Crippen LogP contribution in [0.1, 0.15) is 5.56 Å². The van der Waals surface area contributed by atoms with Crippen LogP contribution in [0.3, 0.4) is 0 Å². The number of halogens is 4. The van der Waals surface area contributed by atoms with E-state index in [0.717, 1.165) is 12.1 Å². The van der Waals surface area contributed by atoms with Gasteiger partial charge < -0.3 is 15.1 Å². The first kappa shape index (κ1) is 19.5. The lowest BCUT2D eigenvalue weighted by molar-refractivity contribution is -0.137. The molecule has 0 radical (unpaired) electrons. The average Bonchev–Trinajstić information content (AvgIpc) is 2.47. The largest absolute Gasteiger partial charge is 0.416 e. The van der Waals surface area contributed by atoms with Crippen molar-refractivity contribution in [3.8, 4) is 0 Å². The van der Waals surface area contributed by atoms with Gasteiger partial charge >= 0.3 is 6.18 Å². The Morgan fingerprint density at radius 3 is 2.32 bits per heavy atom. The van der Waals surface area contributed by atoms with E-state index in [9.17, 15) is 18.3 Å². The topological polar surface area (TPSA) is 46.9 Å². The van der Waals surface area contributed by atoms with E-state index in [0.29, 0.717) is 38.4 Å². The first-order chi connectivity index (χ1) is 9.90. The molecule has 1 atom stereocenters. The number of hydrogen-bond acceptors (Lipinski definition) is 4. The molecule has 126 valence electrons. The van der Waals surface area contributed by atoms with Crippen molar-refractivity contribution < 1.29 is 23.4 Å². The van der Waals surface area contributed by atoms with Crippen molar-refractivity contribution >= 4 is 29.7 Å². The average molecular weight is 432 g/mol. The third-order valence-corrected chi connectivity index (χ3v) is 3.59. The summed E-state index contributed by atoms with van der Waals surface area (Å²) in [5.74, 6) is 0. The van der Waals surface area contributed by atoms with E-state index in [2.05, 4.69) is 0 Å². The second-order valence-corrected chi connectivity index (χ2v) is 5.17. The van der Waals surface area contributed by atoms with Gasteiger partial charge in [0.15, 0.2) is 0 Å². The Bertz CT molecular complexity index is 466. The number of alkyl halides is 3. The molecule has 0 amide bonds. The summed E-state index contributed by atoms with van der Waals surface area (Å²) in [5.41, 5.74) is -0.0784. The first-order valence-electron chi connectivity index (χ1n) is 6.83. The molecule has 0 bridgehead atoms. The second-order valence-electron chi connectivity index (χ2n) is 5.17. The van der Waals surface area contributed by atoms with Crippen molar-refractivity contribution in [2.75, 3.05) is 44.2 Å². The third-order valence-electron chi connectivity index (χ3n) is 3.59. The zero-order chi connectivity index (χ0) is 15.5. The van der Waals surface area contributed by atoms with Crippen molar-refractivity contribution in [3.63, 3.8) is 0 Å². The molecule has 1 aliphatic heterocycles. The molecule has 0 aliphatic carbocycles. The summed E-state index contributed by atoms with van der Waals surface area (Å²) in [6.45, 7) is 2.58. The molecule has 4 nitrogen and oxygen atoms in total. The number of nitrogens with zero attached hydrogens (tertiary/aromatic N) is 2. The van der Waals surface area contributed by atoms with Crippen molar-refractivity contribution in [3.05, 3.63) is 29.8 Å². The van der Waals surface area contributed by atoms with Gasteiger partial charge in [0, 0.05) is 38.4 Å². The molecule has 1 fully saturated rings. The van der Waals surface area contributed by atoms with Crippen molar-refractivity contribution in [1.29, 1.82) is 0 Å². The van der Waals surface area contributed by atoms with Gasteiger partial charge in [0.2, 0.25) is 0 Å². The predicted octanol–water partition coefficient (Wildman–Crippen LogP) is 1.80. The van der Waals surface area contributed by atoms with E-state index < -0.39 is 17.8 Å². The van der Waals surface area contributed by atoms with Crippen LogP contribution in [0.4, 0.5) is 18.9 Å². The molecule has 1 aromatic carbocycles. The Morgan fingerprint density at radius 2 is 1.77 bits per heavy atom. The highest BCUT2D eigenvalue weighted by Gasteiger charge is 2.31. The summed E-state index contributed by atoms with van der Waals surface area (Å²) < 4.78 is 38.1. The molecule has 0 aromatic heterocycles. The number of benzene rings is 1. The number of rotatable bonds is 4. The van der Waals surface area contributed by atoms with E-state index in [1.54, 1.807) is 6.07 Å².